The molecule has 1 heterocycles. The van der Waals surface area contributed by atoms with Crippen molar-refractivity contribution in [1.29, 1.82) is 0 Å². The predicted molar refractivity (Wildman–Crippen MR) is 102 cm³/mol. The number of nitrogens with one attached hydrogen (secondary N) is 1. The fourth-order valence-electron chi connectivity index (χ4n) is 2.76. The molecule has 0 fully saturated rings. The second-order valence-electron chi connectivity index (χ2n) is 6.21. The van der Waals surface area contributed by atoms with E-state index in [1.165, 1.54) is 0 Å². The normalized spacial score (nSPS) is 12.7. The molecule has 0 spiro atoms. The summed E-state index contributed by atoms with van der Waals surface area (Å²) in [4.78, 5) is 12.4. The number of anilines is 1. The van der Waals surface area contributed by atoms with Gasteiger partial charge in [-0.25, -0.2) is 8.42 Å². The number of benzene rings is 2. The van der Waals surface area contributed by atoms with Gasteiger partial charge in [0.15, 0.2) is 11.5 Å². The molecule has 1 aliphatic heterocycles. The van der Waals surface area contributed by atoms with Crippen LogP contribution in [0.4, 0.5) is 5.69 Å². The fourth-order valence-corrected chi connectivity index (χ4v) is 3.82. The zero-order valence-electron chi connectivity index (χ0n) is 15.3. The number of nitrogens with zero attached hydrogens (tertiary/aromatic N) is 1. The van der Waals surface area contributed by atoms with Crippen molar-refractivity contribution in [3.05, 3.63) is 53.6 Å². The highest BCUT2D eigenvalue weighted by Crippen LogP contribution is 2.36. The number of aryl methyl sites for hydroxylation is 1. The standard InChI is InChI=1S/C19H22N2O5S/c1-3-27(23,24)21(16-7-8-17-18(10-16)26-13-25-17)12-19(22)20-11-15-6-4-5-14(2)9-15/h4-10H,3,11-13H2,1-2H3,(H,20,22). The van der Waals surface area contributed by atoms with Crippen LogP contribution in [0, 0.1) is 6.92 Å². The zero-order chi connectivity index (χ0) is 19.4. The highest BCUT2D eigenvalue weighted by atomic mass is 32.2. The molecule has 0 radical (unpaired) electrons. The van der Waals surface area contributed by atoms with E-state index in [9.17, 15) is 13.2 Å². The van der Waals surface area contributed by atoms with Gasteiger partial charge < -0.3 is 14.8 Å². The minimum Gasteiger partial charge on any atom is -0.454 e. The number of hydrogen-bond acceptors (Lipinski definition) is 5. The lowest BCUT2D eigenvalue weighted by atomic mass is 10.1. The van der Waals surface area contributed by atoms with Crippen LogP contribution in [-0.2, 0) is 21.4 Å². The van der Waals surface area contributed by atoms with E-state index >= 15 is 0 Å². The Morgan fingerprint density at radius 2 is 1.93 bits per heavy atom. The van der Waals surface area contributed by atoms with Crippen molar-refractivity contribution in [3.8, 4) is 11.5 Å². The molecule has 0 aromatic heterocycles. The summed E-state index contributed by atoms with van der Waals surface area (Å²) in [5.41, 5.74) is 2.42. The Kier molecular flexibility index (Phi) is 5.55. The van der Waals surface area contributed by atoms with Crippen LogP contribution < -0.4 is 19.1 Å². The van der Waals surface area contributed by atoms with Crippen LogP contribution in [0.25, 0.3) is 0 Å². The van der Waals surface area contributed by atoms with Gasteiger partial charge in [-0.2, -0.15) is 0 Å². The minimum absolute atomic E-state index is 0.0935. The highest BCUT2D eigenvalue weighted by Gasteiger charge is 2.25. The minimum atomic E-state index is -3.64. The van der Waals surface area contributed by atoms with Crippen molar-refractivity contribution in [2.75, 3.05) is 23.4 Å². The largest absolute Gasteiger partial charge is 0.454 e. The van der Waals surface area contributed by atoms with Crippen LogP contribution in [0.5, 0.6) is 11.5 Å². The van der Waals surface area contributed by atoms with Crippen LogP contribution in [-0.4, -0.2) is 33.4 Å². The van der Waals surface area contributed by atoms with E-state index in [1.54, 1.807) is 25.1 Å². The van der Waals surface area contributed by atoms with E-state index in [2.05, 4.69) is 5.32 Å². The third-order valence-corrected chi connectivity index (χ3v) is 5.95. The molecular formula is C19H22N2O5S. The summed E-state index contributed by atoms with van der Waals surface area (Å²) < 4.78 is 36.7. The van der Waals surface area contributed by atoms with Gasteiger partial charge in [-0.1, -0.05) is 29.8 Å². The molecule has 0 saturated heterocycles. The van der Waals surface area contributed by atoms with Gasteiger partial charge in [0.2, 0.25) is 22.7 Å². The van der Waals surface area contributed by atoms with Gasteiger partial charge in [-0.3, -0.25) is 9.10 Å². The molecule has 0 bridgehead atoms. The predicted octanol–water partition coefficient (Wildman–Crippen LogP) is 2.20. The molecular weight excluding hydrogens is 368 g/mol. The third kappa shape index (κ3) is 4.51. The molecule has 0 unspecified atom stereocenters. The number of hydrogen-bond donors (Lipinski definition) is 1. The van der Waals surface area contributed by atoms with Crippen molar-refractivity contribution in [2.45, 2.75) is 20.4 Å². The maximum atomic E-state index is 12.5. The fraction of sp³-hybridized carbons (Fsp3) is 0.316. The molecule has 2 aromatic rings. The summed E-state index contributed by atoms with van der Waals surface area (Å²) in [6.07, 6.45) is 0. The summed E-state index contributed by atoms with van der Waals surface area (Å²) in [6, 6.07) is 12.6. The maximum Gasteiger partial charge on any atom is 0.241 e. The van der Waals surface area contributed by atoms with E-state index < -0.39 is 10.0 Å². The lowest BCUT2D eigenvalue weighted by molar-refractivity contribution is -0.119. The van der Waals surface area contributed by atoms with E-state index in [0.29, 0.717) is 23.7 Å². The van der Waals surface area contributed by atoms with Crippen LogP contribution in [0.15, 0.2) is 42.5 Å². The van der Waals surface area contributed by atoms with Gasteiger partial charge in [0.1, 0.15) is 6.54 Å². The summed E-state index contributed by atoms with van der Waals surface area (Å²) in [6.45, 7) is 3.64. The van der Waals surface area contributed by atoms with Gasteiger partial charge in [-0.15, -0.1) is 0 Å². The van der Waals surface area contributed by atoms with Crippen LogP contribution in [0.3, 0.4) is 0 Å². The summed E-state index contributed by atoms with van der Waals surface area (Å²) >= 11 is 0. The Labute approximate surface area is 158 Å². The molecule has 7 nitrogen and oxygen atoms in total. The molecule has 0 aliphatic carbocycles. The number of fused-ring (bicyclic) bond motifs is 1. The molecule has 0 atom stereocenters. The number of rotatable bonds is 7. The molecule has 1 aliphatic rings. The molecule has 2 aromatic carbocycles. The van der Waals surface area contributed by atoms with E-state index in [1.807, 2.05) is 31.2 Å². The van der Waals surface area contributed by atoms with Gasteiger partial charge in [-0.05, 0) is 31.5 Å². The summed E-state index contributed by atoms with van der Waals surface area (Å²) in [5.74, 6) is 0.513. The molecule has 3 rings (SSSR count). The Morgan fingerprint density at radius 1 is 1.15 bits per heavy atom. The quantitative estimate of drug-likeness (QED) is 0.783. The molecule has 0 saturated carbocycles. The lowest BCUT2D eigenvalue weighted by Gasteiger charge is -2.23. The Morgan fingerprint density at radius 3 is 2.67 bits per heavy atom. The first-order chi connectivity index (χ1) is 12.9. The Balaban J connectivity index is 1.75. The number of carbonyl (C=O) groups excluding carboxylic acids is 1. The van der Waals surface area contributed by atoms with Crippen molar-refractivity contribution in [2.24, 2.45) is 0 Å². The van der Waals surface area contributed by atoms with Gasteiger partial charge in [0.05, 0.1) is 11.4 Å². The van der Waals surface area contributed by atoms with Gasteiger partial charge in [0.25, 0.3) is 0 Å². The Hall–Kier alpha value is -2.74. The molecule has 144 valence electrons. The molecule has 8 heteroatoms. The smallest absolute Gasteiger partial charge is 0.241 e. The van der Waals surface area contributed by atoms with Gasteiger partial charge in [0, 0.05) is 12.6 Å². The summed E-state index contributed by atoms with van der Waals surface area (Å²) in [7, 11) is -3.64. The van der Waals surface area contributed by atoms with Gasteiger partial charge >= 0.3 is 0 Å². The van der Waals surface area contributed by atoms with E-state index in [4.69, 9.17) is 9.47 Å². The maximum absolute atomic E-state index is 12.5. The van der Waals surface area contributed by atoms with E-state index in [-0.39, 0.29) is 25.0 Å². The molecule has 27 heavy (non-hydrogen) atoms. The molecule has 1 N–H and O–H groups in total. The second-order valence-corrected chi connectivity index (χ2v) is 8.39. The first-order valence-corrected chi connectivity index (χ1v) is 10.2. The summed E-state index contributed by atoms with van der Waals surface area (Å²) in [5, 5.41) is 2.77. The topological polar surface area (TPSA) is 84.9 Å². The second kappa shape index (κ2) is 7.87. The number of carbonyl (C=O) groups is 1. The van der Waals surface area contributed by atoms with Crippen molar-refractivity contribution < 1.29 is 22.7 Å². The SMILES string of the molecule is CCS(=O)(=O)N(CC(=O)NCc1cccc(C)c1)c1ccc2c(c1)OCO2. The first kappa shape index (κ1) is 19.0. The highest BCUT2D eigenvalue weighted by molar-refractivity contribution is 7.92. The Bertz CT molecular complexity index is 943. The van der Waals surface area contributed by atoms with Crippen molar-refractivity contribution in [1.82, 2.24) is 5.32 Å². The number of amides is 1. The van der Waals surface area contributed by atoms with Crippen molar-refractivity contribution >= 4 is 21.6 Å². The average Bonchev–Trinajstić information content (AvgIpc) is 3.12. The van der Waals surface area contributed by atoms with Crippen LogP contribution in [0.1, 0.15) is 18.1 Å². The van der Waals surface area contributed by atoms with Crippen LogP contribution in [0.2, 0.25) is 0 Å². The van der Waals surface area contributed by atoms with E-state index in [0.717, 1.165) is 15.4 Å². The average molecular weight is 390 g/mol. The monoisotopic (exact) mass is 390 g/mol. The molecule has 1 amide bonds. The lowest BCUT2D eigenvalue weighted by Crippen LogP contribution is -2.41. The number of ether oxygens (including phenoxy) is 2. The van der Waals surface area contributed by atoms with Crippen LogP contribution >= 0.6 is 0 Å². The van der Waals surface area contributed by atoms with Crippen molar-refractivity contribution in [3.63, 3.8) is 0 Å². The zero-order valence-corrected chi connectivity index (χ0v) is 16.1. The number of sulfonamides is 1. The first-order valence-electron chi connectivity index (χ1n) is 8.61. The third-order valence-electron chi connectivity index (χ3n) is 4.20.